The minimum atomic E-state index is -0.838. The molecule has 0 aliphatic heterocycles. The van der Waals surface area contributed by atoms with Crippen LogP contribution in [0, 0.1) is 12.8 Å². The first kappa shape index (κ1) is 14.2. The molecule has 0 heterocycles. The lowest BCUT2D eigenvalue weighted by molar-refractivity contribution is -0.138. The van der Waals surface area contributed by atoms with Crippen LogP contribution in [0.1, 0.15) is 24.5 Å². The van der Waals surface area contributed by atoms with Gasteiger partial charge >= 0.3 is 5.97 Å². The van der Waals surface area contributed by atoms with Gasteiger partial charge in [0.1, 0.15) is 0 Å². The predicted octanol–water partition coefficient (Wildman–Crippen LogP) is 1.76. The Balaban J connectivity index is 2.33. The van der Waals surface area contributed by atoms with Crippen LogP contribution in [-0.2, 0) is 16.0 Å². The quantitative estimate of drug-likeness (QED) is 0.807. The first-order valence-electron chi connectivity index (χ1n) is 6.01. The number of carbonyl (C=O) groups excluding carboxylic acids is 1. The Labute approximate surface area is 107 Å². The molecule has 4 nitrogen and oxygen atoms in total. The summed E-state index contributed by atoms with van der Waals surface area (Å²) in [7, 11) is 0. The first-order chi connectivity index (χ1) is 8.47. The van der Waals surface area contributed by atoms with E-state index < -0.39 is 5.97 Å². The summed E-state index contributed by atoms with van der Waals surface area (Å²) in [6.45, 7) is 4.20. The molecule has 0 aliphatic rings. The summed E-state index contributed by atoms with van der Waals surface area (Å²) in [4.78, 5) is 22.1. The zero-order valence-electron chi connectivity index (χ0n) is 10.8. The molecule has 98 valence electrons. The molecule has 1 rings (SSSR count). The molecule has 0 saturated carbocycles. The van der Waals surface area contributed by atoms with E-state index in [1.54, 1.807) is 6.92 Å². The molecule has 18 heavy (non-hydrogen) atoms. The molecular weight excluding hydrogens is 230 g/mol. The summed E-state index contributed by atoms with van der Waals surface area (Å²) in [5, 5.41) is 11.3. The summed E-state index contributed by atoms with van der Waals surface area (Å²) < 4.78 is 0. The number of aryl methyl sites for hydroxylation is 1. The Hall–Kier alpha value is -1.84. The van der Waals surface area contributed by atoms with Crippen LogP contribution in [0.25, 0.3) is 0 Å². The highest BCUT2D eigenvalue weighted by molar-refractivity contribution is 5.78. The van der Waals surface area contributed by atoms with E-state index in [1.165, 1.54) is 0 Å². The van der Waals surface area contributed by atoms with E-state index in [9.17, 15) is 9.59 Å². The molecule has 1 aromatic carbocycles. The number of aliphatic carboxylic acids is 1. The van der Waals surface area contributed by atoms with E-state index in [4.69, 9.17) is 5.11 Å². The summed E-state index contributed by atoms with van der Waals surface area (Å²) >= 11 is 0. The van der Waals surface area contributed by atoms with Gasteiger partial charge in [-0.3, -0.25) is 9.59 Å². The molecule has 0 saturated heterocycles. The van der Waals surface area contributed by atoms with Gasteiger partial charge in [0.15, 0.2) is 0 Å². The van der Waals surface area contributed by atoms with Gasteiger partial charge in [0.2, 0.25) is 5.91 Å². The van der Waals surface area contributed by atoms with E-state index in [-0.39, 0.29) is 18.2 Å². The number of amides is 1. The van der Waals surface area contributed by atoms with Crippen LogP contribution in [0.2, 0.25) is 0 Å². The largest absolute Gasteiger partial charge is 0.481 e. The average Bonchev–Trinajstić information content (AvgIpc) is 2.29. The number of carbonyl (C=O) groups is 2. The second-order valence-corrected chi connectivity index (χ2v) is 4.67. The minimum absolute atomic E-state index is 0.0514. The number of benzene rings is 1. The monoisotopic (exact) mass is 249 g/mol. The Kier molecular flexibility index (Phi) is 5.36. The number of nitrogens with one attached hydrogen (secondary N) is 1. The molecule has 0 spiro atoms. The van der Waals surface area contributed by atoms with Crippen molar-refractivity contribution in [2.45, 2.75) is 26.7 Å². The molecule has 2 N–H and O–H groups in total. The van der Waals surface area contributed by atoms with Crippen LogP contribution in [-0.4, -0.2) is 23.5 Å². The second kappa shape index (κ2) is 6.79. The summed E-state index contributed by atoms with van der Waals surface area (Å²) in [6.07, 6.45) is 0.408. The van der Waals surface area contributed by atoms with Crippen molar-refractivity contribution < 1.29 is 14.7 Å². The maximum Gasteiger partial charge on any atom is 0.303 e. The SMILES string of the molecule is Cc1ccc(CC(=O)NCC(C)CC(=O)O)cc1. The van der Waals surface area contributed by atoms with Crippen molar-refractivity contribution in [1.82, 2.24) is 5.32 Å². The fraction of sp³-hybridized carbons (Fsp3) is 0.429. The van der Waals surface area contributed by atoms with E-state index in [1.807, 2.05) is 31.2 Å². The van der Waals surface area contributed by atoms with Gasteiger partial charge in [-0.25, -0.2) is 0 Å². The summed E-state index contributed by atoms with van der Waals surface area (Å²) in [6, 6.07) is 7.79. The Morgan fingerprint density at radius 1 is 1.28 bits per heavy atom. The third-order valence-corrected chi connectivity index (χ3v) is 2.66. The molecule has 0 bridgehead atoms. The normalized spacial score (nSPS) is 11.9. The van der Waals surface area contributed by atoms with Crippen molar-refractivity contribution in [3.63, 3.8) is 0 Å². The summed E-state index contributed by atoms with van der Waals surface area (Å²) in [5.41, 5.74) is 2.12. The maximum atomic E-state index is 11.6. The fourth-order valence-electron chi connectivity index (χ4n) is 1.61. The molecule has 0 aliphatic carbocycles. The zero-order valence-corrected chi connectivity index (χ0v) is 10.8. The van der Waals surface area contributed by atoms with Gasteiger partial charge in [-0.1, -0.05) is 36.8 Å². The van der Waals surface area contributed by atoms with E-state index in [0.717, 1.165) is 11.1 Å². The van der Waals surface area contributed by atoms with E-state index in [0.29, 0.717) is 13.0 Å². The summed E-state index contributed by atoms with van der Waals surface area (Å²) in [5.74, 6) is -0.962. The van der Waals surface area contributed by atoms with Gasteiger partial charge in [0.05, 0.1) is 6.42 Å². The lowest BCUT2D eigenvalue weighted by atomic mass is 10.1. The Morgan fingerprint density at radius 2 is 1.89 bits per heavy atom. The molecular formula is C14H19NO3. The molecule has 1 aromatic rings. The molecule has 1 atom stereocenters. The maximum absolute atomic E-state index is 11.6. The first-order valence-corrected chi connectivity index (χ1v) is 6.01. The molecule has 0 aromatic heterocycles. The lowest BCUT2D eigenvalue weighted by Gasteiger charge is -2.10. The predicted molar refractivity (Wildman–Crippen MR) is 69.3 cm³/mol. The third-order valence-electron chi connectivity index (χ3n) is 2.66. The van der Waals surface area contributed by atoms with E-state index in [2.05, 4.69) is 5.32 Å². The van der Waals surface area contributed by atoms with Crippen LogP contribution in [0.15, 0.2) is 24.3 Å². The molecule has 4 heteroatoms. The number of carboxylic acids is 1. The number of hydrogen-bond acceptors (Lipinski definition) is 2. The Bertz CT molecular complexity index is 412. The topological polar surface area (TPSA) is 66.4 Å². The van der Waals surface area contributed by atoms with Crippen molar-refractivity contribution in [3.8, 4) is 0 Å². The van der Waals surface area contributed by atoms with Gasteiger partial charge in [0, 0.05) is 13.0 Å². The van der Waals surface area contributed by atoms with Crippen molar-refractivity contribution in [2.24, 2.45) is 5.92 Å². The minimum Gasteiger partial charge on any atom is -0.481 e. The number of hydrogen-bond donors (Lipinski definition) is 2. The third kappa shape index (κ3) is 5.48. The van der Waals surface area contributed by atoms with Crippen LogP contribution in [0.3, 0.4) is 0 Å². The van der Waals surface area contributed by atoms with Crippen molar-refractivity contribution in [3.05, 3.63) is 35.4 Å². The second-order valence-electron chi connectivity index (χ2n) is 4.67. The standard InChI is InChI=1S/C14H19NO3/c1-10-3-5-12(6-4-10)8-13(16)15-9-11(2)7-14(17)18/h3-6,11H,7-9H2,1-2H3,(H,15,16)(H,17,18). The van der Waals surface area contributed by atoms with Crippen LogP contribution < -0.4 is 5.32 Å². The molecule has 0 radical (unpaired) electrons. The van der Waals surface area contributed by atoms with Gasteiger partial charge in [-0.15, -0.1) is 0 Å². The highest BCUT2D eigenvalue weighted by Crippen LogP contribution is 2.04. The van der Waals surface area contributed by atoms with Crippen molar-refractivity contribution in [2.75, 3.05) is 6.54 Å². The van der Waals surface area contributed by atoms with Gasteiger partial charge in [-0.2, -0.15) is 0 Å². The smallest absolute Gasteiger partial charge is 0.303 e. The van der Waals surface area contributed by atoms with Gasteiger partial charge in [0.25, 0.3) is 0 Å². The highest BCUT2D eigenvalue weighted by Gasteiger charge is 2.09. The van der Waals surface area contributed by atoms with Crippen LogP contribution in [0.5, 0.6) is 0 Å². The van der Waals surface area contributed by atoms with E-state index >= 15 is 0 Å². The Morgan fingerprint density at radius 3 is 2.44 bits per heavy atom. The molecule has 1 unspecified atom stereocenters. The van der Waals surface area contributed by atoms with Crippen LogP contribution >= 0.6 is 0 Å². The van der Waals surface area contributed by atoms with Crippen LogP contribution in [0.4, 0.5) is 0 Å². The average molecular weight is 249 g/mol. The molecule has 0 fully saturated rings. The van der Waals surface area contributed by atoms with Crippen molar-refractivity contribution >= 4 is 11.9 Å². The fourth-order valence-corrected chi connectivity index (χ4v) is 1.61. The zero-order chi connectivity index (χ0) is 13.5. The van der Waals surface area contributed by atoms with Crippen molar-refractivity contribution in [1.29, 1.82) is 0 Å². The lowest BCUT2D eigenvalue weighted by Crippen LogP contribution is -2.30. The molecule has 1 amide bonds. The number of rotatable bonds is 6. The van der Waals surface area contributed by atoms with Gasteiger partial charge < -0.3 is 10.4 Å². The van der Waals surface area contributed by atoms with Gasteiger partial charge in [-0.05, 0) is 18.4 Å². The highest BCUT2D eigenvalue weighted by atomic mass is 16.4. The number of carboxylic acid groups (broad SMARTS) is 1.